The van der Waals surface area contributed by atoms with E-state index in [9.17, 15) is 0 Å². The van der Waals surface area contributed by atoms with Gasteiger partial charge in [-0.3, -0.25) is 0 Å². The second-order valence-corrected chi connectivity index (χ2v) is 5.55. The Labute approximate surface area is 109 Å². The number of hydrogen-bond donors (Lipinski definition) is 2. The van der Waals surface area contributed by atoms with Crippen molar-refractivity contribution in [3.8, 4) is 0 Å². The maximum absolute atomic E-state index is 5.46. The maximum atomic E-state index is 5.46. The van der Waals surface area contributed by atoms with Crippen molar-refractivity contribution in [1.29, 1.82) is 0 Å². The summed E-state index contributed by atoms with van der Waals surface area (Å²) in [7, 11) is 0. The van der Waals surface area contributed by atoms with Crippen LogP contribution in [0.4, 0.5) is 0 Å². The molecule has 0 aliphatic rings. The van der Waals surface area contributed by atoms with E-state index >= 15 is 0 Å². The van der Waals surface area contributed by atoms with Gasteiger partial charge in [0.25, 0.3) is 0 Å². The Bertz CT molecular complexity index is 135. The summed E-state index contributed by atoms with van der Waals surface area (Å²) in [6.45, 7) is 7.87. The average Bonchev–Trinajstić information content (AvgIpc) is 2.30. The summed E-state index contributed by atoms with van der Waals surface area (Å²) in [6, 6.07) is 0. The van der Waals surface area contributed by atoms with Crippen LogP contribution < -0.4 is 11.1 Å². The molecule has 0 radical (unpaired) electrons. The highest BCUT2D eigenvalue weighted by Gasteiger charge is 1.94. The molecule has 0 unspecified atom stereocenters. The Morgan fingerprint density at radius 3 is 1.88 bits per heavy atom. The van der Waals surface area contributed by atoms with E-state index in [1.807, 2.05) is 0 Å². The van der Waals surface area contributed by atoms with Gasteiger partial charge >= 0.3 is 0 Å². The first-order valence-electron chi connectivity index (χ1n) is 7.68. The van der Waals surface area contributed by atoms with Gasteiger partial charge in [-0.2, -0.15) is 0 Å². The molecule has 3 N–H and O–H groups in total. The van der Waals surface area contributed by atoms with Crippen molar-refractivity contribution in [3.63, 3.8) is 0 Å². The van der Waals surface area contributed by atoms with Crippen LogP contribution in [0.15, 0.2) is 0 Å². The zero-order chi connectivity index (χ0) is 12.8. The van der Waals surface area contributed by atoms with Crippen molar-refractivity contribution in [3.05, 3.63) is 0 Å². The third kappa shape index (κ3) is 15.9. The minimum absolute atomic E-state index is 0.852. The summed E-state index contributed by atoms with van der Waals surface area (Å²) >= 11 is 0. The second-order valence-electron chi connectivity index (χ2n) is 5.55. The van der Waals surface area contributed by atoms with Crippen molar-refractivity contribution in [1.82, 2.24) is 5.32 Å². The molecule has 0 atom stereocenters. The fourth-order valence-electron chi connectivity index (χ4n) is 2.04. The van der Waals surface area contributed by atoms with E-state index < -0.39 is 0 Å². The Morgan fingerprint density at radius 2 is 1.29 bits per heavy atom. The van der Waals surface area contributed by atoms with Gasteiger partial charge in [0, 0.05) is 0 Å². The Balaban J connectivity index is 2.89. The van der Waals surface area contributed by atoms with Crippen LogP contribution in [0, 0.1) is 5.92 Å². The summed E-state index contributed by atoms with van der Waals surface area (Å²) in [5.41, 5.74) is 5.46. The quantitative estimate of drug-likeness (QED) is 0.483. The minimum Gasteiger partial charge on any atom is -0.330 e. The highest BCUT2D eigenvalue weighted by Crippen LogP contribution is 2.06. The normalized spacial score (nSPS) is 11.3. The zero-order valence-corrected chi connectivity index (χ0v) is 12.1. The molecule has 0 heterocycles. The predicted octanol–water partition coefficient (Wildman–Crippen LogP) is 3.70. The molecule has 0 aromatic carbocycles. The van der Waals surface area contributed by atoms with E-state index in [2.05, 4.69) is 19.2 Å². The van der Waals surface area contributed by atoms with Crippen LogP contribution in [0.2, 0.25) is 0 Å². The first-order valence-corrected chi connectivity index (χ1v) is 7.68. The van der Waals surface area contributed by atoms with Crippen LogP contribution in [0.1, 0.15) is 71.6 Å². The largest absolute Gasteiger partial charge is 0.330 e. The number of unbranched alkanes of at least 4 members (excludes halogenated alkanes) is 6. The third-order valence-electron chi connectivity index (χ3n) is 3.19. The van der Waals surface area contributed by atoms with Crippen LogP contribution in [0.3, 0.4) is 0 Å². The third-order valence-corrected chi connectivity index (χ3v) is 3.19. The molecule has 0 aliphatic heterocycles. The lowest BCUT2D eigenvalue weighted by Crippen LogP contribution is -2.17. The number of nitrogens with two attached hydrogens (primary N) is 1. The first-order chi connectivity index (χ1) is 8.27. The van der Waals surface area contributed by atoms with Gasteiger partial charge in [-0.25, -0.2) is 0 Å². The van der Waals surface area contributed by atoms with Crippen molar-refractivity contribution < 1.29 is 0 Å². The lowest BCUT2D eigenvalue weighted by atomic mass is 10.1. The van der Waals surface area contributed by atoms with E-state index in [-0.39, 0.29) is 0 Å². The molecule has 0 amide bonds. The lowest BCUT2D eigenvalue weighted by molar-refractivity contribution is 0.513. The zero-order valence-electron chi connectivity index (χ0n) is 12.1. The minimum atomic E-state index is 0.852. The van der Waals surface area contributed by atoms with Crippen LogP contribution in [0.5, 0.6) is 0 Å². The molecule has 104 valence electrons. The second kappa shape index (κ2) is 14.0. The fraction of sp³-hybridized carbons (Fsp3) is 1.00. The summed E-state index contributed by atoms with van der Waals surface area (Å²) in [6.07, 6.45) is 12.1. The van der Waals surface area contributed by atoms with Crippen molar-refractivity contribution in [2.75, 3.05) is 19.6 Å². The smallest absolute Gasteiger partial charge is 0.00488 e. The summed E-state index contributed by atoms with van der Waals surface area (Å²) < 4.78 is 0. The molecule has 0 saturated carbocycles. The molecule has 0 rings (SSSR count). The molecular weight excluding hydrogens is 208 g/mol. The first kappa shape index (κ1) is 16.9. The van der Waals surface area contributed by atoms with E-state index in [1.165, 1.54) is 70.9 Å². The highest BCUT2D eigenvalue weighted by atomic mass is 14.8. The van der Waals surface area contributed by atoms with E-state index in [0.717, 1.165) is 12.5 Å². The Hall–Kier alpha value is -0.0800. The highest BCUT2D eigenvalue weighted by molar-refractivity contribution is 4.52. The van der Waals surface area contributed by atoms with Gasteiger partial charge in [0.15, 0.2) is 0 Å². The van der Waals surface area contributed by atoms with Gasteiger partial charge in [-0.15, -0.1) is 0 Å². The van der Waals surface area contributed by atoms with E-state index in [4.69, 9.17) is 5.73 Å². The number of rotatable bonds is 13. The van der Waals surface area contributed by atoms with Gasteiger partial charge in [-0.1, -0.05) is 46.0 Å². The van der Waals surface area contributed by atoms with Gasteiger partial charge in [0.2, 0.25) is 0 Å². The summed E-state index contributed by atoms with van der Waals surface area (Å²) in [5, 5.41) is 3.54. The molecule has 0 fully saturated rings. The molecule has 0 aromatic rings. The van der Waals surface area contributed by atoms with Gasteiger partial charge in [0.1, 0.15) is 0 Å². The van der Waals surface area contributed by atoms with Crippen molar-refractivity contribution in [2.24, 2.45) is 11.7 Å². The molecule has 2 nitrogen and oxygen atoms in total. The molecule has 0 aliphatic carbocycles. The van der Waals surface area contributed by atoms with Crippen molar-refractivity contribution >= 4 is 0 Å². The van der Waals surface area contributed by atoms with Crippen molar-refractivity contribution in [2.45, 2.75) is 71.6 Å². The standard InChI is InChI=1S/C15H34N2/c1-15(2)11-10-14-17-13-9-7-5-3-4-6-8-12-16/h15,17H,3-14,16H2,1-2H3. The molecular formula is C15H34N2. The van der Waals surface area contributed by atoms with Gasteiger partial charge in [-0.05, 0) is 51.2 Å². The number of hydrogen-bond acceptors (Lipinski definition) is 2. The van der Waals surface area contributed by atoms with E-state index in [0.29, 0.717) is 0 Å². The Morgan fingerprint density at radius 1 is 0.765 bits per heavy atom. The van der Waals surface area contributed by atoms with E-state index in [1.54, 1.807) is 0 Å². The Kier molecular flexibility index (Phi) is 13.9. The topological polar surface area (TPSA) is 38.0 Å². The average molecular weight is 242 g/mol. The maximum Gasteiger partial charge on any atom is -0.00488 e. The molecule has 0 saturated heterocycles. The lowest BCUT2D eigenvalue weighted by Gasteiger charge is -2.06. The van der Waals surface area contributed by atoms with Gasteiger partial charge < -0.3 is 11.1 Å². The molecule has 0 bridgehead atoms. The summed E-state index contributed by atoms with van der Waals surface area (Å²) in [5.74, 6) is 0.852. The molecule has 0 spiro atoms. The van der Waals surface area contributed by atoms with Crippen LogP contribution >= 0.6 is 0 Å². The molecule has 17 heavy (non-hydrogen) atoms. The number of nitrogens with one attached hydrogen (secondary N) is 1. The van der Waals surface area contributed by atoms with Crippen LogP contribution in [-0.4, -0.2) is 19.6 Å². The molecule has 0 aromatic heterocycles. The summed E-state index contributed by atoms with van der Waals surface area (Å²) in [4.78, 5) is 0. The van der Waals surface area contributed by atoms with Gasteiger partial charge in [0.05, 0.1) is 0 Å². The van der Waals surface area contributed by atoms with Crippen LogP contribution in [-0.2, 0) is 0 Å². The monoisotopic (exact) mass is 242 g/mol. The van der Waals surface area contributed by atoms with Crippen LogP contribution in [0.25, 0.3) is 0 Å². The fourth-order valence-corrected chi connectivity index (χ4v) is 2.04. The molecule has 2 heteroatoms. The predicted molar refractivity (Wildman–Crippen MR) is 78.3 cm³/mol. The SMILES string of the molecule is CC(C)CCCNCCCCCCCCCN.